The van der Waals surface area contributed by atoms with Crippen LogP contribution in [0.2, 0.25) is 20.1 Å². The first kappa shape index (κ1) is 40.9. The van der Waals surface area contributed by atoms with Gasteiger partial charge in [0.2, 0.25) is 10.3 Å². The fourth-order valence-corrected chi connectivity index (χ4v) is 9.21. The highest BCUT2D eigenvalue weighted by atomic mass is 35.5. The van der Waals surface area contributed by atoms with Gasteiger partial charge in [0, 0.05) is 44.4 Å². The molecule has 3 aromatic heterocycles. The van der Waals surface area contributed by atoms with Gasteiger partial charge in [0.1, 0.15) is 5.82 Å². The van der Waals surface area contributed by atoms with Crippen LogP contribution in [0.1, 0.15) is 33.0 Å². The van der Waals surface area contributed by atoms with Crippen LogP contribution in [-0.2, 0) is 30.3 Å². The van der Waals surface area contributed by atoms with Crippen LogP contribution in [0.25, 0.3) is 39.5 Å². The van der Waals surface area contributed by atoms with Gasteiger partial charge in [0.15, 0.2) is 16.4 Å². The van der Waals surface area contributed by atoms with E-state index in [9.17, 15) is 17.8 Å². The minimum Gasteiger partial charge on any atom is -0.403 e. The zero-order valence-corrected chi connectivity index (χ0v) is 35.9. The number of hydrogen-bond acceptors (Lipinski definition) is 8. The number of thiazole rings is 1. The van der Waals surface area contributed by atoms with Crippen LogP contribution in [0.4, 0.5) is 11.4 Å². The van der Waals surface area contributed by atoms with Crippen molar-refractivity contribution in [3.8, 4) is 0 Å². The summed E-state index contributed by atoms with van der Waals surface area (Å²) < 4.78 is 47.4. The number of benzene rings is 3. The molecule has 57 heavy (non-hydrogen) atoms. The van der Waals surface area contributed by atoms with Crippen LogP contribution in [0.5, 0.6) is 0 Å². The van der Waals surface area contributed by atoms with E-state index in [0.717, 1.165) is 32.8 Å². The molecule has 0 radical (unpaired) electrons. The van der Waals surface area contributed by atoms with Gasteiger partial charge in [-0.3, -0.25) is 4.55 Å². The smallest absolute Gasteiger partial charge is 0.363 e. The Morgan fingerprint density at radius 3 is 2.25 bits per heavy atom. The molecule has 0 atom stereocenters. The zero-order valence-electron chi connectivity index (χ0n) is 31.3. The minimum atomic E-state index is -4.20. The van der Waals surface area contributed by atoms with E-state index in [-0.39, 0.29) is 23.9 Å². The Morgan fingerprint density at radius 2 is 1.58 bits per heavy atom. The number of hydrogen-bond donors (Lipinski definition) is 1. The third-order valence-corrected chi connectivity index (χ3v) is 13.0. The molecule has 1 aliphatic rings. The Kier molecular flexibility index (Phi) is 11.9. The number of aryl methyl sites for hydroxylation is 3. The molecule has 0 amide bonds. The number of halogens is 4. The molecule has 18 heteroatoms. The van der Waals surface area contributed by atoms with Crippen LogP contribution in [-0.4, -0.2) is 45.6 Å². The molecule has 0 saturated heterocycles. The molecule has 0 spiro atoms. The van der Waals surface area contributed by atoms with E-state index in [4.69, 9.17) is 55.9 Å². The number of para-hydroxylation sites is 1. The van der Waals surface area contributed by atoms with E-state index >= 15 is 0 Å². The summed E-state index contributed by atoms with van der Waals surface area (Å²) in [6.45, 7) is 8.12. The van der Waals surface area contributed by atoms with Gasteiger partial charge in [0.05, 0.1) is 60.5 Å². The number of allylic oxidation sites excluding steroid dienone is 2. The molecule has 6 aromatic rings. The third-order valence-electron chi connectivity index (χ3n) is 9.66. The van der Waals surface area contributed by atoms with E-state index in [0.29, 0.717) is 56.0 Å². The van der Waals surface area contributed by atoms with Gasteiger partial charge in [-0.2, -0.15) is 13.1 Å². The van der Waals surface area contributed by atoms with Crippen molar-refractivity contribution < 1.29 is 22.0 Å². The lowest BCUT2D eigenvalue weighted by Crippen LogP contribution is -2.35. The summed E-state index contributed by atoms with van der Waals surface area (Å²) in [7, 11) is -2.29. The summed E-state index contributed by atoms with van der Waals surface area (Å²) in [4.78, 5) is 18.3. The van der Waals surface area contributed by atoms with Crippen molar-refractivity contribution >= 4 is 119 Å². The highest BCUT2D eigenvalue weighted by molar-refractivity contribution is 7.85. The third kappa shape index (κ3) is 7.96. The van der Waals surface area contributed by atoms with E-state index in [1.807, 2.05) is 76.9 Å². The van der Waals surface area contributed by atoms with Crippen molar-refractivity contribution in [2.75, 3.05) is 28.6 Å². The number of nitrogens with zero attached hydrogens (tertiary/aromatic N) is 7. The molecule has 0 fully saturated rings. The molecular formula is C39H38Cl4N7O5S2+. The lowest BCUT2D eigenvalue weighted by molar-refractivity contribution is -0.670. The fraction of sp³-hybridized carbons (Fsp3) is 0.256. The van der Waals surface area contributed by atoms with E-state index in [1.54, 1.807) is 30.4 Å². The van der Waals surface area contributed by atoms with Gasteiger partial charge in [0.25, 0.3) is 15.9 Å². The number of rotatable bonds is 11. The number of imidazole rings is 1. The van der Waals surface area contributed by atoms with Crippen LogP contribution in [0, 0.1) is 0 Å². The Balaban J connectivity index is 1.42. The van der Waals surface area contributed by atoms with Crippen molar-refractivity contribution in [3.05, 3.63) is 119 Å². The van der Waals surface area contributed by atoms with Crippen molar-refractivity contribution in [1.29, 1.82) is 0 Å². The van der Waals surface area contributed by atoms with Crippen molar-refractivity contribution in [2.24, 2.45) is 12.1 Å². The van der Waals surface area contributed by atoms with Crippen molar-refractivity contribution in [1.82, 2.24) is 13.8 Å². The molecule has 0 aliphatic carbocycles. The first-order chi connectivity index (χ1) is 27.2. The predicted molar refractivity (Wildman–Crippen MR) is 231 cm³/mol. The predicted octanol–water partition coefficient (Wildman–Crippen LogP) is 6.99. The van der Waals surface area contributed by atoms with Crippen LogP contribution in [0.3, 0.4) is 0 Å². The summed E-state index contributed by atoms with van der Waals surface area (Å²) in [5, 5.41) is 6.72. The van der Waals surface area contributed by atoms with Gasteiger partial charge in [-0.25, -0.2) is 13.9 Å². The second-order valence-electron chi connectivity index (χ2n) is 13.0. The molecule has 0 saturated carbocycles. The minimum absolute atomic E-state index is 0.115. The van der Waals surface area contributed by atoms with E-state index in [2.05, 4.69) is 23.0 Å². The average Bonchev–Trinajstić information content (AvgIpc) is 3.84. The summed E-state index contributed by atoms with van der Waals surface area (Å²) in [6, 6.07) is 15.1. The molecule has 298 valence electrons. The molecule has 0 unspecified atom stereocenters. The largest absolute Gasteiger partial charge is 0.403 e. The average molecular weight is 891 g/mol. The number of oxazole rings is 1. The normalized spacial score (nSPS) is 15.2. The monoisotopic (exact) mass is 888 g/mol. The topological polar surface area (TPSA) is 122 Å². The van der Waals surface area contributed by atoms with Crippen LogP contribution in [0.15, 0.2) is 80.8 Å². The van der Waals surface area contributed by atoms with Gasteiger partial charge < -0.3 is 18.8 Å². The van der Waals surface area contributed by atoms with E-state index < -0.39 is 21.5 Å². The zero-order chi connectivity index (χ0) is 40.8. The second-order valence-corrected chi connectivity index (χ2v) is 17.3. The number of anilines is 2. The highest BCUT2D eigenvalue weighted by Crippen LogP contribution is 2.45. The molecule has 3 aromatic carbocycles. The maximum Gasteiger partial charge on any atom is 0.363 e. The van der Waals surface area contributed by atoms with Crippen LogP contribution < -0.4 is 35.7 Å². The lowest BCUT2D eigenvalue weighted by Gasteiger charge is -2.24. The van der Waals surface area contributed by atoms with Gasteiger partial charge >= 0.3 is 5.63 Å². The van der Waals surface area contributed by atoms with Gasteiger partial charge in [-0.05, 0) is 69.7 Å². The second kappa shape index (κ2) is 16.5. The van der Waals surface area contributed by atoms with Gasteiger partial charge in [-0.15, -0.1) is 5.10 Å². The maximum atomic E-state index is 13.8. The molecule has 7 rings (SSSR count). The van der Waals surface area contributed by atoms with Crippen LogP contribution >= 0.6 is 57.7 Å². The van der Waals surface area contributed by atoms with Crippen molar-refractivity contribution in [2.45, 2.75) is 40.3 Å². The van der Waals surface area contributed by atoms with E-state index in [1.165, 1.54) is 16.0 Å². The highest BCUT2D eigenvalue weighted by Gasteiger charge is 2.31. The summed E-state index contributed by atoms with van der Waals surface area (Å²) in [5.41, 5.74) is 3.85. The first-order valence-corrected chi connectivity index (χ1v) is 22.0. The lowest BCUT2D eigenvalue weighted by atomic mass is 10.2. The van der Waals surface area contributed by atoms with Gasteiger partial charge in [-0.1, -0.05) is 69.9 Å². The summed E-state index contributed by atoms with van der Waals surface area (Å²) >= 11 is 27.2. The quantitative estimate of drug-likeness (QED) is 0.110. The number of aromatic nitrogens is 4. The Hall–Kier alpha value is -4.28. The standard InChI is InChI=1S/C39H37Cl4N7O5S2/c1-5-46-30-20-24(40)25(41)21-31(30)47(6-2)35(46)14-10-15-37-50(44-39-45(4)28-12-8-9-13-34(28)56-39)29(38(51)55-37)16-17-36-48(7-3)32-22-26(42)27(43)23-33(32)49(36)18-11-19-57(52,53)54/h8-10,12-17,20-23H,5-7,11,18-19H2,1-4H3/p+1. The summed E-state index contributed by atoms with van der Waals surface area (Å²) in [5.74, 6) is 1.08. The molecular weight excluding hydrogens is 852 g/mol. The molecule has 4 heterocycles. The molecule has 0 bridgehead atoms. The first-order valence-electron chi connectivity index (χ1n) is 18.1. The Morgan fingerprint density at radius 1 is 0.895 bits per heavy atom. The Bertz CT molecular complexity index is 2950. The molecule has 1 N–H and O–H groups in total. The number of fused-ring (bicyclic) bond motifs is 3. The molecule has 12 nitrogen and oxygen atoms in total. The molecule has 1 aliphatic heterocycles. The Labute approximate surface area is 352 Å². The van der Waals surface area contributed by atoms with Crippen molar-refractivity contribution in [3.63, 3.8) is 0 Å². The fourth-order valence-electron chi connectivity index (χ4n) is 7.07. The SMILES string of the molecule is CCN1C(=CC=c2c(=O)oc(=CC=Cc3n(CC)c4cc(Cl)c(Cl)cc4[n+]3CC)n2N=c2sc3ccccc3n2C)N(CCCS(=O)(=O)O)c2cc(Cl)c(Cl)cc21. The maximum absolute atomic E-state index is 13.8. The summed E-state index contributed by atoms with van der Waals surface area (Å²) in [6.07, 6.45) is 8.93.